The van der Waals surface area contributed by atoms with Crippen LogP contribution in [-0.4, -0.2) is 25.9 Å². The van der Waals surface area contributed by atoms with Crippen LogP contribution in [0.5, 0.6) is 0 Å². The number of aromatic nitrogens is 4. The molecule has 0 bridgehead atoms. The summed E-state index contributed by atoms with van der Waals surface area (Å²) < 4.78 is 1.59. The van der Waals surface area contributed by atoms with Crippen molar-refractivity contribution in [1.82, 2.24) is 20.0 Å². The van der Waals surface area contributed by atoms with Crippen molar-refractivity contribution in [2.45, 2.75) is 19.9 Å². The maximum atomic E-state index is 11.8. The van der Waals surface area contributed by atoms with Gasteiger partial charge in [-0.3, -0.25) is 14.6 Å². The molecule has 2 aromatic rings. The molecule has 84 valence electrons. The van der Waals surface area contributed by atoms with Crippen molar-refractivity contribution in [1.29, 1.82) is 0 Å². The molecule has 2 aromatic heterocycles. The zero-order valence-electron chi connectivity index (χ0n) is 9.14. The predicted molar refractivity (Wildman–Crippen MR) is 58.9 cm³/mol. The van der Waals surface area contributed by atoms with Crippen LogP contribution in [-0.2, 0) is 4.79 Å². The molecule has 2 heterocycles. The van der Waals surface area contributed by atoms with Crippen LogP contribution in [0, 0.1) is 6.92 Å². The van der Waals surface area contributed by atoms with Gasteiger partial charge in [-0.2, -0.15) is 10.2 Å². The number of nitrogens with zero attached hydrogens (tertiary/aromatic N) is 3. The molecule has 0 fully saturated rings. The molecule has 0 aliphatic heterocycles. The molecule has 1 atom stereocenters. The molecule has 6 nitrogen and oxygen atoms in total. The van der Waals surface area contributed by atoms with Gasteiger partial charge in [0.05, 0.1) is 0 Å². The van der Waals surface area contributed by atoms with E-state index in [-0.39, 0.29) is 11.9 Å². The minimum absolute atomic E-state index is 0.143. The molecule has 0 saturated heterocycles. The fourth-order valence-electron chi connectivity index (χ4n) is 1.34. The van der Waals surface area contributed by atoms with E-state index in [0.717, 1.165) is 5.69 Å². The SMILES string of the molecule is Cc1cc(NC(=O)C(C)n2cccn2)n[nH]1. The Hall–Kier alpha value is -2.11. The van der Waals surface area contributed by atoms with E-state index in [0.29, 0.717) is 5.82 Å². The van der Waals surface area contributed by atoms with Gasteiger partial charge in [0.1, 0.15) is 6.04 Å². The molecular weight excluding hydrogens is 206 g/mol. The van der Waals surface area contributed by atoms with Gasteiger partial charge >= 0.3 is 0 Å². The van der Waals surface area contributed by atoms with E-state index in [1.165, 1.54) is 0 Å². The smallest absolute Gasteiger partial charge is 0.250 e. The summed E-state index contributed by atoms with van der Waals surface area (Å²) in [5.41, 5.74) is 0.905. The average Bonchev–Trinajstić information content (AvgIpc) is 2.88. The molecule has 0 aliphatic carbocycles. The standard InChI is InChI=1S/C10H13N5O/c1-7-6-9(14-13-7)12-10(16)8(2)15-5-3-4-11-15/h3-6,8H,1-2H3,(H2,12,13,14,16). The Balaban J connectivity index is 2.03. The topological polar surface area (TPSA) is 75.6 Å². The first-order valence-corrected chi connectivity index (χ1v) is 4.99. The number of aryl methyl sites for hydroxylation is 1. The number of hydrogen-bond donors (Lipinski definition) is 2. The van der Waals surface area contributed by atoms with Gasteiger partial charge in [-0.15, -0.1) is 0 Å². The summed E-state index contributed by atoms with van der Waals surface area (Å²) in [7, 11) is 0. The lowest BCUT2D eigenvalue weighted by atomic mass is 10.3. The number of H-pyrrole nitrogens is 1. The van der Waals surface area contributed by atoms with Gasteiger partial charge < -0.3 is 5.32 Å². The lowest BCUT2D eigenvalue weighted by Crippen LogP contribution is -2.24. The lowest BCUT2D eigenvalue weighted by Gasteiger charge is -2.10. The summed E-state index contributed by atoms with van der Waals surface area (Å²) in [6.07, 6.45) is 3.39. The van der Waals surface area contributed by atoms with E-state index >= 15 is 0 Å². The second-order valence-corrected chi connectivity index (χ2v) is 3.59. The van der Waals surface area contributed by atoms with Gasteiger partial charge in [-0.1, -0.05) is 0 Å². The van der Waals surface area contributed by atoms with Crippen LogP contribution in [0.25, 0.3) is 0 Å². The van der Waals surface area contributed by atoms with Gasteiger partial charge in [0.2, 0.25) is 5.91 Å². The summed E-state index contributed by atoms with van der Waals surface area (Å²) >= 11 is 0. The Kier molecular flexibility index (Phi) is 2.72. The molecule has 0 spiro atoms. The average molecular weight is 219 g/mol. The highest BCUT2D eigenvalue weighted by molar-refractivity contribution is 5.92. The number of nitrogens with one attached hydrogen (secondary N) is 2. The second kappa shape index (κ2) is 4.18. The molecule has 6 heteroatoms. The number of amides is 1. The molecule has 16 heavy (non-hydrogen) atoms. The Morgan fingerprint density at radius 1 is 1.62 bits per heavy atom. The lowest BCUT2D eigenvalue weighted by molar-refractivity contribution is -0.119. The van der Waals surface area contributed by atoms with E-state index in [1.54, 1.807) is 36.1 Å². The molecule has 0 saturated carbocycles. The van der Waals surface area contributed by atoms with Crippen molar-refractivity contribution in [3.05, 3.63) is 30.2 Å². The Morgan fingerprint density at radius 2 is 2.44 bits per heavy atom. The number of aromatic amines is 1. The molecule has 1 amide bonds. The fourth-order valence-corrected chi connectivity index (χ4v) is 1.34. The van der Waals surface area contributed by atoms with Crippen LogP contribution in [0.2, 0.25) is 0 Å². The van der Waals surface area contributed by atoms with Gasteiger partial charge in [0.25, 0.3) is 0 Å². The summed E-state index contributed by atoms with van der Waals surface area (Å²) in [5, 5.41) is 13.4. The fraction of sp³-hybridized carbons (Fsp3) is 0.300. The normalized spacial score (nSPS) is 12.4. The Bertz CT molecular complexity index is 473. The third kappa shape index (κ3) is 2.10. The first kappa shape index (κ1) is 10.4. The van der Waals surface area contributed by atoms with Crippen molar-refractivity contribution in [2.24, 2.45) is 0 Å². The number of rotatable bonds is 3. The molecule has 0 aliphatic rings. The molecule has 1 unspecified atom stereocenters. The molecule has 2 rings (SSSR count). The van der Waals surface area contributed by atoms with Crippen molar-refractivity contribution < 1.29 is 4.79 Å². The van der Waals surface area contributed by atoms with Crippen molar-refractivity contribution in [3.8, 4) is 0 Å². The van der Waals surface area contributed by atoms with Crippen LogP contribution in [0.4, 0.5) is 5.82 Å². The maximum absolute atomic E-state index is 11.8. The van der Waals surface area contributed by atoms with Crippen LogP contribution in [0.15, 0.2) is 24.5 Å². The zero-order valence-corrected chi connectivity index (χ0v) is 9.14. The molecule has 2 N–H and O–H groups in total. The van der Waals surface area contributed by atoms with Crippen LogP contribution >= 0.6 is 0 Å². The van der Waals surface area contributed by atoms with E-state index in [9.17, 15) is 4.79 Å². The first-order chi connectivity index (χ1) is 7.66. The number of anilines is 1. The van der Waals surface area contributed by atoms with Crippen molar-refractivity contribution >= 4 is 11.7 Å². The number of hydrogen-bond acceptors (Lipinski definition) is 3. The van der Waals surface area contributed by atoms with E-state index in [1.807, 2.05) is 6.92 Å². The molecular formula is C10H13N5O. The van der Waals surface area contributed by atoms with Crippen molar-refractivity contribution in [2.75, 3.05) is 5.32 Å². The minimum Gasteiger partial charge on any atom is -0.307 e. The summed E-state index contributed by atoms with van der Waals surface area (Å²) in [4.78, 5) is 11.8. The van der Waals surface area contributed by atoms with Gasteiger partial charge in [0.15, 0.2) is 5.82 Å². The second-order valence-electron chi connectivity index (χ2n) is 3.59. The third-order valence-corrected chi connectivity index (χ3v) is 2.26. The first-order valence-electron chi connectivity index (χ1n) is 4.99. The monoisotopic (exact) mass is 219 g/mol. The molecule has 0 radical (unpaired) electrons. The highest BCUT2D eigenvalue weighted by Gasteiger charge is 2.15. The van der Waals surface area contributed by atoms with Gasteiger partial charge in [0, 0.05) is 24.2 Å². The largest absolute Gasteiger partial charge is 0.307 e. The van der Waals surface area contributed by atoms with E-state index in [4.69, 9.17) is 0 Å². The molecule has 0 aromatic carbocycles. The highest BCUT2D eigenvalue weighted by Crippen LogP contribution is 2.09. The quantitative estimate of drug-likeness (QED) is 0.812. The van der Waals surface area contributed by atoms with E-state index in [2.05, 4.69) is 20.6 Å². The van der Waals surface area contributed by atoms with E-state index < -0.39 is 0 Å². The van der Waals surface area contributed by atoms with Crippen molar-refractivity contribution in [3.63, 3.8) is 0 Å². The summed E-state index contributed by atoms with van der Waals surface area (Å²) in [6, 6.07) is 3.20. The van der Waals surface area contributed by atoms with Gasteiger partial charge in [-0.05, 0) is 19.9 Å². The predicted octanol–water partition coefficient (Wildman–Crippen LogP) is 1.11. The summed E-state index contributed by atoms with van der Waals surface area (Å²) in [5.74, 6) is 0.386. The minimum atomic E-state index is -0.355. The Morgan fingerprint density at radius 3 is 3.00 bits per heavy atom. The highest BCUT2D eigenvalue weighted by atomic mass is 16.2. The Labute approximate surface area is 92.7 Å². The number of carbonyl (C=O) groups is 1. The number of carbonyl (C=O) groups excluding carboxylic acids is 1. The van der Waals surface area contributed by atoms with Gasteiger partial charge in [-0.25, -0.2) is 0 Å². The van der Waals surface area contributed by atoms with Crippen LogP contribution < -0.4 is 5.32 Å². The maximum Gasteiger partial charge on any atom is 0.250 e. The van der Waals surface area contributed by atoms with Crippen LogP contribution in [0.3, 0.4) is 0 Å². The van der Waals surface area contributed by atoms with Crippen LogP contribution in [0.1, 0.15) is 18.7 Å². The third-order valence-electron chi connectivity index (χ3n) is 2.26. The zero-order chi connectivity index (χ0) is 11.5. The summed E-state index contributed by atoms with van der Waals surface area (Å²) in [6.45, 7) is 3.65.